The van der Waals surface area contributed by atoms with Gasteiger partial charge in [0, 0.05) is 31.9 Å². The number of nitrogens with zero attached hydrogens (tertiary/aromatic N) is 3. The van der Waals surface area contributed by atoms with Crippen molar-refractivity contribution in [3.63, 3.8) is 0 Å². The van der Waals surface area contributed by atoms with Crippen molar-refractivity contribution >= 4 is 5.91 Å². The molecule has 0 unspecified atom stereocenters. The van der Waals surface area contributed by atoms with Crippen LogP contribution in [0, 0.1) is 0 Å². The number of aromatic nitrogens is 2. The summed E-state index contributed by atoms with van der Waals surface area (Å²) in [7, 11) is 3.96. The number of aryl methyl sites for hydroxylation is 1. The lowest BCUT2D eigenvalue weighted by Crippen LogP contribution is -2.31. The van der Waals surface area contributed by atoms with E-state index in [4.69, 9.17) is 5.84 Å². The van der Waals surface area contributed by atoms with Gasteiger partial charge in [0.05, 0.1) is 12.6 Å². The molecule has 0 radical (unpaired) electrons. The topological polar surface area (TPSA) is 76.2 Å². The third-order valence-corrected chi connectivity index (χ3v) is 3.28. The molecule has 0 aliphatic heterocycles. The van der Waals surface area contributed by atoms with Gasteiger partial charge in [0.1, 0.15) is 0 Å². The molecule has 0 spiro atoms. The van der Waals surface area contributed by atoms with Crippen LogP contribution >= 0.6 is 0 Å². The highest BCUT2D eigenvalue weighted by molar-refractivity contribution is 5.78. The second-order valence-electron chi connectivity index (χ2n) is 5.21. The minimum Gasteiger partial charge on any atom is -0.298 e. The predicted octanol–water partition coefficient (Wildman–Crippen LogP) is 0.585. The minimum atomic E-state index is -0.183. The third-order valence-electron chi connectivity index (χ3n) is 3.28. The van der Waals surface area contributed by atoms with Crippen molar-refractivity contribution in [3.05, 3.63) is 53.3 Å². The summed E-state index contributed by atoms with van der Waals surface area (Å²) in [4.78, 5) is 13.6. The first kappa shape index (κ1) is 15.2. The van der Waals surface area contributed by atoms with Gasteiger partial charge in [-0.25, -0.2) is 5.84 Å². The largest absolute Gasteiger partial charge is 0.298 e. The maximum atomic E-state index is 11.5. The van der Waals surface area contributed by atoms with Crippen LogP contribution in [0.4, 0.5) is 0 Å². The lowest BCUT2D eigenvalue weighted by atomic mass is 10.0. The third kappa shape index (κ3) is 4.40. The van der Waals surface area contributed by atoms with Crippen molar-refractivity contribution in [3.8, 4) is 0 Å². The zero-order chi connectivity index (χ0) is 15.2. The van der Waals surface area contributed by atoms with Crippen molar-refractivity contribution in [2.75, 3.05) is 7.05 Å². The second kappa shape index (κ2) is 7.01. The first-order valence-corrected chi connectivity index (χ1v) is 6.80. The summed E-state index contributed by atoms with van der Waals surface area (Å²) in [6, 6.07) is 7.92. The molecule has 1 aromatic heterocycles. The first-order valence-electron chi connectivity index (χ1n) is 6.80. The lowest BCUT2D eigenvalue weighted by Gasteiger charge is -2.18. The molecule has 0 saturated carbocycles. The molecule has 21 heavy (non-hydrogen) atoms. The maximum absolute atomic E-state index is 11.5. The van der Waals surface area contributed by atoms with Gasteiger partial charge in [-0.2, -0.15) is 5.10 Å². The fourth-order valence-electron chi connectivity index (χ4n) is 2.32. The van der Waals surface area contributed by atoms with Gasteiger partial charge >= 0.3 is 0 Å². The lowest BCUT2D eigenvalue weighted by molar-refractivity contribution is -0.120. The molecule has 1 amide bonds. The molecule has 0 fully saturated rings. The van der Waals surface area contributed by atoms with E-state index in [1.807, 2.05) is 50.8 Å². The molecule has 112 valence electrons. The number of benzene rings is 1. The Morgan fingerprint density at radius 2 is 2.05 bits per heavy atom. The summed E-state index contributed by atoms with van der Waals surface area (Å²) in [5.74, 6) is 4.97. The van der Waals surface area contributed by atoms with Crippen molar-refractivity contribution in [1.82, 2.24) is 20.1 Å². The second-order valence-corrected chi connectivity index (χ2v) is 5.21. The summed E-state index contributed by atoms with van der Waals surface area (Å²) in [5, 5.41) is 4.17. The van der Waals surface area contributed by atoms with E-state index in [-0.39, 0.29) is 5.91 Å². The quantitative estimate of drug-likeness (QED) is 0.463. The zero-order valence-electron chi connectivity index (χ0n) is 12.4. The highest BCUT2D eigenvalue weighted by atomic mass is 16.2. The Hall–Kier alpha value is -2.18. The number of hydrazine groups is 1. The molecular weight excluding hydrogens is 266 g/mol. The molecule has 0 atom stereocenters. The van der Waals surface area contributed by atoms with Crippen LogP contribution in [0.25, 0.3) is 0 Å². The summed E-state index contributed by atoms with van der Waals surface area (Å²) in [5.41, 5.74) is 5.47. The molecule has 1 aromatic carbocycles. The SMILES string of the molecule is CN(Cc1cnn(C)c1)Cc1ccccc1CC(=O)NN. The number of carbonyl (C=O) groups excluding carboxylic acids is 1. The Labute approximate surface area is 124 Å². The molecule has 2 rings (SSSR count). The Morgan fingerprint density at radius 3 is 2.67 bits per heavy atom. The summed E-state index contributed by atoms with van der Waals surface area (Å²) >= 11 is 0. The fraction of sp³-hybridized carbons (Fsp3) is 0.333. The van der Waals surface area contributed by atoms with E-state index >= 15 is 0 Å². The minimum absolute atomic E-state index is 0.183. The van der Waals surface area contributed by atoms with E-state index in [1.165, 1.54) is 0 Å². The average Bonchev–Trinajstić information content (AvgIpc) is 2.86. The van der Waals surface area contributed by atoms with Gasteiger partial charge in [-0.3, -0.25) is 19.8 Å². The van der Waals surface area contributed by atoms with E-state index in [2.05, 4.69) is 15.4 Å². The molecule has 6 heteroatoms. The van der Waals surface area contributed by atoms with E-state index in [0.29, 0.717) is 6.42 Å². The molecule has 3 N–H and O–H groups in total. The van der Waals surface area contributed by atoms with E-state index in [9.17, 15) is 4.79 Å². The number of hydrogen-bond acceptors (Lipinski definition) is 4. The molecule has 2 aromatic rings. The molecular formula is C15H21N5O. The van der Waals surface area contributed by atoms with Crippen LogP contribution in [0.2, 0.25) is 0 Å². The van der Waals surface area contributed by atoms with E-state index in [0.717, 1.165) is 29.8 Å². The number of amides is 1. The Morgan fingerprint density at radius 1 is 1.33 bits per heavy atom. The standard InChI is InChI=1S/C15H21N5O/c1-19(9-12-8-17-20(2)10-12)11-14-6-4-3-5-13(14)7-15(21)18-16/h3-6,8,10H,7,9,11,16H2,1-2H3,(H,18,21). The Kier molecular flexibility index (Phi) is 5.08. The van der Waals surface area contributed by atoms with Gasteiger partial charge in [-0.1, -0.05) is 24.3 Å². The molecule has 1 heterocycles. The molecule has 0 aliphatic rings. The van der Waals surface area contributed by atoms with Gasteiger partial charge < -0.3 is 0 Å². The average molecular weight is 287 g/mol. The number of carbonyl (C=O) groups is 1. The maximum Gasteiger partial charge on any atom is 0.238 e. The highest BCUT2D eigenvalue weighted by Gasteiger charge is 2.09. The van der Waals surface area contributed by atoms with Crippen LogP contribution in [0.15, 0.2) is 36.7 Å². The van der Waals surface area contributed by atoms with Gasteiger partial charge in [0.25, 0.3) is 0 Å². The summed E-state index contributed by atoms with van der Waals surface area (Å²) in [6.07, 6.45) is 4.17. The van der Waals surface area contributed by atoms with Crippen LogP contribution in [0.1, 0.15) is 16.7 Å². The number of nitrogens with one attached hydrogen (secondary N) is 1. The van der Waals surface area contributed by atoms with Crippen LogP contribution in [-0.2, 0) is 31.4 Å². The van der Waals surface area contributed by atoms with Gasteiger partial charge in [-0.15, -0.1) is 0 Å². The fourth-order valence-corrected chi connectivity index (χ4v) is 2.32. The number of hydrogen-bond donors (Lipinski definition) is 2. The summed E-state index contributed by atoms with van der Waals surface area (Å²) < 4.78 is 1.79. The molecule has 6 nitrogen and oxygen atoms in total. The van der Waals surface area contributed by atoms with Crippen molar-refractivity contribution in [2.45, 2.75) is 19.5 Å². The predicted molar refractivity (Wildman–Crippen MR) is 80.9 cm³/mol. The number of nitrogens with two attached hydrogens (primary N) is 1. The molecule has 0 aliphatic carbocycles. The van der Waals surface area contributed by atoms with E-state index < -0.39 is 0 Å². The Balaban J connectivity index is 2.03. The summed E-state index contributed by atoms with van der Waals surface area (Å²) in [6.45, 7) is 1.58. The number of rotatable bonds is 6. The monoisotopic (exact) mass is 287 g/mol. The van der Waals surface area contributed by atoms with E-state index in [1.54, 1.807) is 4.68 Å². The first-order chi connectivity index (χ1) is 10.1. The van der Waals surface area contributed by atoms with Gasteiger partial charge in [0.2, 0.25) is 5.91 Å². The van der Waals surface area contributed by atoms with Crippen molar-refractivity contribution in [1.29, 1.82) is 0 Å². The van der Waals surface area contributed by atoms with Crippen LogP contribution in [-0.4, -0.2) is 27.6 Å². The molecule has 0 bridgehead atoms. The van der Waals surface area contributed by atoms with Crippen molar-refractivity contribution < 1.29 is 4.79 Å². The van der Waals surface area contributed by atoms with Gasteiger partial charge in [0.15, 0.2) is 0 Å². The van der Waals surface area contributed by atoms with Crippen molar-refractivity contribution in [2.24, 2.45) is 12.9 Å². The zero-order valence-corrected chi connectivity index (χ0v) is 12.4. The Bertz CT molecular complexity index is 608. The van der Waals surface area contributed by atoms with Gasteiger partial charge in [-0.05, 0) is 18.2 Å². The smallest absolute Gasteiger partial charge is 0.238 e. The van der Waals surface area contributed by atoms with Crippen LogP contribution in [0.5, 0.6) is 0 Å². The molecule has 0 saturated heterocycles. The van der Waals surface area contributed by atoms with Crippen LogP contribution in [0.3, 0.4) is 0 Å². The normalized spacial score (nSPS) is 10.9. The van der Waals surface area contributed by atoms with Crippen LogP contribution < -0.4 is 11.3 Å². The highest BCUT2D eigenvalue weighted by Crippen LogP contribution is 2.13.